The van der Waals surface area contributed by atoms with Crippen molar-refractivity contribution in [3.8, 4) is 5.75 Å². The van der Waals surface area contributed by atoms with Crippen LogP contribution in [-0.4, -0.2) is 6.61 Å². The van der Waals surface area contributed by atoms with E-state index in [1.807, 2.05) is 19.1 Å². The molecule has 1 aromatic heterocycles. The average Bonchev–Trinajstić information content (AvgIpc) is 2.78. The molecule has 108 valence electrons. The fraction of sp³-hybridized carbons (Fsp3) is 0.286. The van der Waals surface area contributed by atoms with E-state index in [1.165, 1.54) is 6.07 Å². The van der Waals surface area contributed by atoms with Gasteiger partial charge in [-0.05, 0) is 37.3 Å². The number of rotatable bonds is 6. The van der Waals surface area contributed by atoms with Gasteiger partial charge in [-0.25, -0.2) is 0 Å². The zero-order valence-corrected chi connectivity index (χ0v) is 12.4. The van der Waals surface area contributed by atoms with E-state index in [9.17, 15) is 8.78 Å². The smallest absolute Gasteiger partial charge is 0.387 e. The predicted octanol–water partition coefficient (Wildman–Crippen LogP) is 4.24. The fourth-order valence-electron chi connectivity index (χ4n) is 1.80. The fourth-order valence-corrected chi connectivity index (χ4v) is 2.21. The van der Waals surface area contributed by atoms with Crippen LogP contribution in [0.1, 0.15) is 17.1 Å². The Balaban J connectivity index is 1.98. The van der Waals surface area contributed by atoms with Gasteiger partial charge in [-0.3, -0.25) is 0 Å². The first-order chi connectivity index (χ1) is 9.54. The summed E-state index contributed by atoms with van der Waals surface area (Å²) in [7, 11) is 0. The van der Waals surface area contributed by atoms with E-state index in [0.717, 1.165) is 16.0 Å². The summed E-state index contributed by atoms with van der Waals surface area (Å²) in [5, 5.41) is 3.13. The second-order valence-electron chi connectivity index (χ2n) is 4.25. The molecule has 2 rings (SSSR count). The number of benzene rings is 1. The molecular formula is C14H14BrF2NO2. The lowest BCUT2D eigenvalue weighted by atomic mass is 10.2. The number of alkyl halides is 2. The molecule has 1 aromatic carbocycles. The third-order valence-corrected chi connectivity index (χ3v) is 3.14. The molecule has 0 atom stereocenters. The normalized spacial score (nSPS) is 11.1. The van der Waals surface area contributed by atoms with Crippen molar-refractivity contribution in [2.45, 2.75) is 26.6 Å². The Hall–Kier alpha value is -1.40. The van der Waals surface area contributed by atoms with Gasteiger partial charge in [0.25, 0.3) is 0 Å². The monoisotopic (exact) mass is 345 g/mol. The standard InChI is InChI=1S/C14H14BrF2NO2/c1-9-2-4-12(19-9)8-18-7-10-6-11(15)3-5-13(10)20-14(16)17/h2-6,14,18H,7-8H2,1H3. The van der Waals surface area contributed by atoms with Gasteiger partial charge < -0.3 is 14.5 Å². The number of furan rings is 1. The third kappa shape index (κ3) is 4.31. The molecule has 0 radical (unpaired) electrons. The van der Waals surface area contributed by atoms with Gasteiger partial charge in [-0.15, -0.1) is 0 Å². The third-order valence-electron chi connectivity index (χ3n) is 2.65. The number of ether oxygens (including phenoxy) is 1. The topological polar surface area (TPSA) is 34.4 Å². The van der Waals surface area contributed by atoms with Gasteiger partial charge >= 0.3 is 6.61 Å². The first kappa shape index (κ1) is 15.0. The first-order valence-corrected chi connectivity index (χ1v) is 6.83. The molecule has 0 aliphatic heterocycles. The van der Waals surface area contributed by atoms with Crippen LogP contribution in [0.25, 0.3) is 0 Å². The molecule has 0 bridgehead atoms. The summed E-state index contributed by atoms with van der Waals surface area (Å²) in [6.07, 6.45) is 0. The Morgan fingerprint density at radius 2 is 2.05 bits per heavy atom. The molecule has 0 saturated carbocycles. The van der Waals surface area contributed by atoms with E-state index in [1.54, 1.807) is 12.1 Å². The lowest BCUT2D eigenvalue weighted by Crippen LogP contribution is -2.14. The Labute approximate surface area is 124 Å². The largest absolute Gasteiger partial charge is 0.465 e. The van der Waals surface area contributed by atoms with Crippen molar-refractivity contribution in [1.82, 2.24) is 5.32 Å². The minimum atomic E-state index is -2.83. The lowest BCUT2D eigenvalue weighted by Gasteiger charge is -2.11. The summed E-state index contributed by atoms with van der Waals surface area (Å²) in [5.41, 5.74) is 0.656. The molecule has 0 aliphatic rings. The molecule has 20 heavy (non-hydrogen) atoms. The molecule has 1 heterocycles. The molecule has 6 heteroatoms. The van der Waals surface area contributed by atoms with Crippen LogP contribution in [0.15, 0.2) is 39.2 Å². The number of halogens is 3. The highest BCUT2D eigenvalue weighted by Crippen LogP contribution is 2.24. The molecule has 3 nitrogen and oxygen atoms in total. The molecule has 0 amide bonds. The van der Waals surface area contributed by atoms with Crippen molar-refractivity contribution >= 4 is 15.9 Å². The zero-order chi connectivity index (χ0) is 14.5. The Kier molecular flexibility index (Phi) is 5.14. The number of aryl methyl sites for hydroxylation is 1. The van der Waals surface area contributed by atoms with Crippen molar-refractivity contribution in [1.29, 1.82) is 0 Å². The Bertz CT molecular complexity index is 572. The van der Waals surface area contributed by atoms with Crippen LogP contribution in [0, 0.1) is 6.92 Å². The highest BCUT2D eigenvalue weighted by atomic mass is 79.9. The maximum absolute atomic E-state index is 12.3. The molecule has 2 aromatic rings. The first-order valence-electron chi connectivity index (χ1n) is 6.04. The second-order valence-corrected chi connectivity index (χ2v) is 5.16. The minimum absolute atomic E-state index is 0.173. The van der Waals surface area contributed by atoms with E-state index < -0.39 is 6.61 Å². The second kappa shape index (κ2) is 6.85. The van der Waals surface area contributed by atoms with Crippen LogP contribution < -0.4 is 10.1 Å². The quantitative estimate of drug-likeness (QED) is 0.850. The van der Waals surface area contributed by atoms with E-state index in [4.69, 9.17) is 4.42 Å². The van der Waals surface area contributed by atoms with E-state index in [-0.39, 0.29) is 5.75 Å². The van der Waals surface area contributed by atoms with Gasteiger partial charge in [-0.2, -0.15) is 8.78 Å². The number of hydrogen-bond acceptors (Lipinski definition) is 3. The van der Waals surface area contributed by atoms with Crippen molar-refractivity contribution < 1.29 is 17.9 Å². The summed E-state index contributed by atoms with van der Waals surface area (Å²) in [5.74, 6) is 1.81. The van der Waals surface area contributed by atoms with Crippen molar-refractivity contribution in [2.75, 3.05) is 0 Å². The molecule has 0 fully saturated rings. The highest BCUT2D eigenvalue weighted by molar-refractivity contribution is 9.10. The molecular weight excluding hydrogens is 332 g/mol. The van der Waals surface area contributed by atoms with Crippen molar-refractivity contribution in [2.24, 2.45) is 0 Å². The van der Waals surface area contributed by atoms with Crippen LogP contribution in [0.3, 0.4) is 0 Å². The highest BCUT2D eigenvalue weighted by Gasteiger charge is 2.10. The molecule has 0 saturated heterocycles. The van der Waals surface area contributed by atoms with E-state index in [0.29, 0.717) is 18.7 Å². The molecule has 0 unspecified atom stereocenters. The van der Waals surface area contributed by atoms with Gasteiger partial charge in [-0.1, -0.05) is 15.9 Å². The Morgan fingerprint density at radius 1 is 1.25 bits per heavy atom. The lowest BCUT2D eigenvalue weighted by molar-refractivity contribution is -0.0505. The predicted molar refractivity (Wildman–Crippen MR) is 74.8 cm³/mol. The number of nitrogens with one attached hydrogen (secondary N) is 1. The maximum atomic E-state index is 12.3. The molecule has 0 aliphatic carbocycles. The summed E-state index contributed by atoms with van der Waals surface area (Å²) in [6.45, 7) is -0.0371. The van der Waals surface area contributed by atoms with Crippen molar-refractivity contribution in [3.63, 3.8) is 0 Å². The minimum Gasteiger partial charge on any atom is -0.465 e. The maximum Gasteiger partial charge on any atom is 0.387 e. The average molecular weight is 346 g/mol. The van der Waals surface area contributed by atoms with Crippen LogP contribution >= 0.6 is 15.9 Å². The van der Waals surface area contributed by atoms with E-state index in [2.05, 4.69) is 26.0 Å². The van der Waals surface area contributed by atoms with Crippen LogP contribution in [-0.2, 0) is 13.1 Å². The van der Waals surface area contributed by atoms with Gasteiger partial charge in [0, 0.05) is 16.6 Å². The summed E-state index contributed by atoms with van der Waals surface area (Å²) in [4.78, 5) is 0. The molecule has 1 N–H and O–H groups in total. The van der Waals surface area contributed by atoms with Crippen LogP contribution in [0.5, 0.6) is 5.75 Å². The summed E-state index contributed by atoms with van der Waals surface area (Å²) < 4.78 is 35.4. The zero-order valence-electron chi connectivity index (χ0n) is 10.8. The summed E-state index contributed by atoms with van der Waals surface area (Å²) in [6, 6.07) is 8.68. The Morgan fingerprint density at radius 3 is 2.70 bits per heavy atom. The number of hydrogen-bond donors (Lipinski definition) is 1. The van der Waals surface area contributed by atoms with Crippen LogP contribution in [0.2, 0.25) is 0 Å². The SMILES string of the molecule is Cc1ccc(CNCc2cc(Br)ccc2OC(F)F)o1. The van der Waals surface area contributed by atoms with Crippen LogP contribution in [0.4, 0.5) is 8.78 Å². The van der Waals surface area contributed by atoms with Gasteiger partial charge in [0.2, 0.25) is 0 Å². The molecule has 0 spiro atoms. The van der Waals surface area contributed by atoms with Gasteiger partial charge in [0.05, 0.1) is 6.54 Å². The van der Waals surface area contributed by atoms with Gasteiger partial charge in [0.1, 0.15) is 17.3 Å². The summed E-state index contributed by atoms with van der Waals surface area (Å²) >= 11 is 3.31. The van der Waals surface area contributed by atoms with E-state index >= 15 is 0 Å². The van der Waals surface area contributed by atoms with Crippen molar-refractivity contribution in [3.05, 3.63) is 51.9 Å². The van der Waals surface area contributed by atoms with Gasteiger partial charge in [0.15, 0.2) is 0 Å².